The van der Waals surface area contributed by atoms with E-state index in [2.05, 4.69) is 17.6 Å². The van der Waals surface area contributed by atoms with Crippen molar-refractivity contribution in [2.45, 2.75) is 26.2 Å². The predicted molar refractivity (Wildman–Crippen MR) is 73.6 cm³/mol. The molecule has 0 aliphatic carbocycles. The molecule has 1 aromatic rings. The number of unbranched alkanes of at least 4 members (excludes halogenated alkanes) is 1. The number of benzene rings is 1. The molecular formula is C13H18F2N2S. The third kappa shape index (κ3) is 5.91. The molecule has 100 valence electrons. The molecule has 2 nitrogen and oxygen atoms in total. The van der Waals surface area contributed by atoms with Gasteiger partial charge in [0.05, 0.1) is 0 Å². The van der Waals surface area contributed by atoms with Gasteiger partial charge < -0.3 is 10.6 Å². The Morgan fingerprint density at radius 2 is 1.72 bits per heavy atom. The normalized spacial score (nSPS) is 10.2. The van der Waals surface area contributed by atoms with Gasteiger partial charge in [-0.25, -0.2) is 8.78 Å². The molecule has 0 amide bonds. The van der Waals surface area contributed by atoms with Crippen LogP contribution in [0.25, 0.3) is 0 Å². The Morgan fingerprint density at radius 1 is 1.11 bits per heavy atom. The van der Waals surface area contributed by atoms with Crippen LogP contribution in [0.5, 0.6) is 0 Å². The molecule has 0 aliphatic heterocycles. The molecule has 0 fully saturated rings. The summed E-state index contributed by atoms with van der Waals surface area (Å²) >= 11 is 5.06. The van der Waals surface area contributed by atoms with Crippen LogP contribution in [0.3, 0.4) is 0 Å². The van der Waals surface area contributed by atoms with Crippen molar-refractivity contribution >= 4 is 17.3 Å². The van der Waals surface area contributed by atoms with Gasteiger partial charge in [-0.05, 0) is 42.8 Å². The molecule has 2 N–H and O–H groups in total. The third-order valence-electron chi connectivity index (χ3n) is 2.44. The molecule has 1 rings (SSSR count). The van der Waals surface area contributed by atoms with E-state index < -0.39 is 11.6 Å². The van der Waals surface area contributed by atoms with Crippen LogP contribution in [0.15, 0.2) is 18.2 Å². The van der Waals surface area contributed by atoms with Crippen LogP contribution in [0, 0.1) is 11.6 Å². The van der Waals surface area contributed by atoms with Crippen LogP contribution in [-0.2, 0) is 6.42 Å². The fourth-order valence-corrected chi connectivity index (χ4v) is 1.72. The van der Waals surface area contributed by atoms with Crippen molar-refractivity contribution in [3.05, 3.63) is 35.4 Å². The Labute approximate surface area is 112 Å². The minimum absolute atomic E-state index is 0.532. The van der Waals surface area contributed by atoms with Crippen molar-refractivity contribution in [1.82, 2.24) is 10.6 Å². The predicted octanol–water partition coefficient (Wildman–Crippen LogP) is 2.77. The molecule has 0 unspecified atom stereocenters. The van der Waals surface area contributed by atoms with E-state index in [0.717, 1.165) is 25.5 Å². The van der Waals surface area contributed by atoms with Gasteiger partial charge in [-0.3, -0.25) is 0 Å². The van der Waals surface area contributed by atoms with Crippen molar-refractivity contribution in [2.24, 2.45) is 0 Å². The Balaban J connectivity index is 2.26. The average Bonchev–Trinajstić information content (AvgIpc) is 2.28. The summed E-state index contributed by atoms with van der Waals surface area (Å²) in [7, 11) is 0. The first-order chi connectivity index (χ1) is 8.61. The van der Waals surface area contributed by atoms with Gasteiger partial charge >= 0.3 is 0 Å². The lowest BCUT2D eigenvalue weighted by atomic mass is 10.1. The Hall–Kier alpha value is -1.23. The van der Waals surface area contributed by atoms with E-state index >= 15 is 0 Å². The van der Waals surface area contributed by atoms with Crippen molar-refractivity contribution in [1.29, 1.82) is 0 Å². The smallest absolute Gasteiger partial charge is 0.166 e. The highest BCUT2D eigenvalue weighted by molar-refractivity contribution is 7.80. The molecule has 0 heterocycles. The first-order valence-electron chi connectivity index (χ1n) is 6.08. The SMILES string of the molecule is CCCCNC(=S)NCCc1cc(F)cc(F)c1. The first kappa shape index (κ1) is 14.8. The molecule has 0 radical (unpaired) electrons. The van der Waals surface area contributed by atoms with Crippen LogP contribution < -0.4 is 10.6 Å². The number of halogens is 2. The lowest BCUT2D eigenvalue weighted by Gasteiger charge is -2.10. The molecule has 0 saturated carbocycles. The number of rotatable bonds is 6. The van der Waals surface area contributed by atoms with Gasteiger partial charge in [0.1, 0.15) is 11.6 Å². The molecule has 0 spiro atoms. The van der Waals surface area contributed by atoms with Gasteiger partial charge in [0.25, 0.3) is 0 Å². The number of thiocarbonyl (C=S) groups is 1. The highest BCUT2D eigenvalue weighted by Gasteiger charge is 2.01. The molecule has 0 aromatic heterocycles. The summed E-state index contributed by atoms with van der Waals surface area (Å²) in [4.78, 5) is 0. The van der Waals surface area contributed by atoms with E-state index in [0.29, 0.717) is 23.6 Å². The van der Waals surface area contributed by atoms with Crippen LogP contribution in [0.1, 0.15) is 25.3 Å². The van der Waals surface area contributed by atoms with E-state index in [1.165, 1.54) is 12.1 Å². The maximum Gasteiger partial charge on any atom is 0.166 e. The van der Waals surface area contributed by atoms with Crippen molar-refractivity contribution in [3.8, 4) is 0 Å². The lowest BCUT2D eigenvalue weighted by Crippen LogP contribution is -2.36. The molecule has 0 aliphatic rings. The van der Waals surface area contributed by atoms with E-state index in [4.69, 9.17) is 12.2 Å². The maximum atomic E-state index is 12.9. The highest BCUT2D eigenvalue weighted by Crippen LogP contribution is 2.07. The zero-order valence-electron chi connectivity index (χ0n) is 10.4. The van der Waals surface area contributed by atoms with Crippen LogP contribution in [0.2, 0.25) is 0 Å². The molecule has 5 heteroatoms. The fourth-order valence-electron chi connectivity index (χ4n) is 1.52. The Bertz CT molecular complexity index is 376. The van der Waals surface area contributed by atoms with Crippen LogP contribution in [0.4, 0.5) is 8.78 Å². The standard InChI is InChI=1S/C13H18F2N2S/c1-2-3-5-16-13(18)17-6-4-10-7-11(14)9-12(15)8-10/h7-9H,2-6H2,1H3,(H2,16,17,18). The van der Waals surface area contributed by atoms with Crippen LogP contribution in [-0.4, -0.2) is 18.2 Å². The first-order valence-corrected chi connectivity index (χ1v) is 6.49. The van der Waals surface area contributed by atoms with E-state index in [9.17, 15) is 8.78 Å². The average molecular weight is 272 g/mol. The van der Waals surface area contributed by atoms with Gasteiger partial charge in [0, 0.05) is 19.2 Å². The van der Waals surface area contributed by atoms with E-state index in [1.807, 2.05) is 0 Å². The van der Waals surface area contributed by atoms with Gasteiger partial charge in [-0.2, -0.15) is 0 Å². The summed E-state index contributed by atoms with van der Waals surface area (Å²) in [6.45, 7) is 3.51. The summed E-state index contributed by atoms with van der Waals surface area (Å²) in [6.07, 6.45) is 2.71. The Kier molecular flexibility index (Phi) is 6.57. The second-order valence-electron chi connectivity index (χ2n) is 4.06. The molecule has 0 atom stereocenters. The molecule has 0 saturated heterocycles. The minimum atomic E-state index is -0.548. The monoisotopic (exact) mass is 272 g/mol. The number of hydrogen-bond acceptors (Lipinski definition) is 1. The number of nitrogens with one attached hydrogen (secondary N) is 2. The van der Waals surface area contributed by atoms with Gasteiger partial charge in [-0.15, -0.1) is 0 Å². The molecule has 0 bridgehead atoms. The number of hydrogen-bond donors (Lipinski definition) is 2. The summed E-state index contributed by atoms with van der Waals surface area (Å²) in [5.41, 5.74) is 0.622. The molecular weight excluding hydrogens is 254 g/mol. The summed E-state index contributed by atoms with van der Waals surface area (Å²) in [5, 5.41) is 6.65. The second-order valence-corrected chi connectivity index (χ2v) is 4.47. The largest absolute Gasteiger partial charge is 0.363 e. The Morgan fingerprint density at radius 3 is 2.33 bits per heavy atom. The summed E-state index contributed by atoms with van der Waals surface area (Å²) in [5.74, 6) is -1.10. The van der Waals surface area contributed by atoms with Gasteiger partial charge in [0.15, 0.2) is 5.11 Å². The van der Waals surface area contributed by atoms with E-state index in [1.54, 1.807) is 0 Å². The zero-order valence-corrected chi connectivity index (χ0v) is 11.2. The lowest BCUT2D eigenvalue weighted by molar-refractivity contribution is 0.579. The quantitative estimate of drug-likeness (QED) is 0.615. The van der Waals surface area contributed by atoms with Crippen molar-refractivity contribution < 1.29 is 8.78 Å². The summed E-state index contributed by atoms with van der Waals surface area (Å²) in [6, 6.07) is 3.53. The van der Waals surface area contributed by atoms with E-state index in [-0.39, 0.29) is 0 Å². The highest BCUT2D eigenvalue weighted by atomic mass is 32.1. The topological polar surface area (TPSA) is 24.1 Å². The third-order valence-corrected chi connectivity index (χ3v) is 2.73. The maximum absolute atomic E-state index is 12.9. The van der Waals surface area contributed by atoms with Crippen molar-refractivity contribution in [3.63, 3.8) is 0 Å². The molecule has 18 heavy (non-hydrogen) atoms. The fraction of sp³-hybridized carbons (Fsp3) is 0.462. The van der Waals surface area contributed by atoms with Gasteiger partial charge in [0.2, 0.25) is 0 Å². The second kappa shape index (κ2) is 7.97. The minimum Gasteiger partial charge on any atom is -0.363 e. The van der Waals surface area contributed by atoms with Crippen LogP contribution >= 0.6 is 12.2 Å². The van der Waals surface area contributed by atoms with Gasteiger partial charge in [-0.1, -0.05) is 13.3 Å². The van der Waals surface area contributed by atoms with Crippen molar-refractivity contribution in [2.75, 3.05) is 13.1 Å². The zero-order chi connectivity index (χ0) is 13.4. The molecule has 1 aromatic carbocycles. The summed E-state index contributed by atoms with van der Waals surface area (Å²) < 4.78 is 25.8.